The standard InChI is InChI=1S/C12H9Cl2NO3/c1-7(16)18-6-15-10-4-3-9(13)12(14)8(10)2-5-11(15)17/h2-5H,6H2,1H3. The molecule has 18 heavy (non-hydrogen) atoms. The van der Waals surface area contributed by atoms with Crippen LogP contribution in [0.2, 0.25) is 10.0 Å². The first-order chi connectivity index (χ1) is 8.50. The van der Waals surface area contributed by atoms with Gasteiger partial charge in [-0.15, -0.1) is 0 Å². The molecule has 0 saturated carbocycles. The minimum Gasteiger partial charge on any atom is -0.444 e. The lowest BCUT2D eigenvalue weighted by Crippen LogP contribution is -2.21. The van der Waals surface area contributed by atoms with Crippen LogP contribution in [-0.2, 0) is 16.3 Å². The second-order valence-corrected chi connectivity index (χ2v) is 4.44. The maximum atomic E-state index is 11.7. The first-order valence-corrected chi connectivity index (χ1v) is 5.87. The number of rotatable bonds is 2. The number of benzene rings is 1. The zero-order valence-electron chi connectivity index (χ0n) is 9.44. The quantitative estimate of drug-likeness (QED) is 0.797. The van der Waals surface area contributed by atoms with Crippen molar-refractivity contribution >= 4 is 40.1 Å². The summed E-state index contributed by atoms with van der Waals surface area (Å²) in [4.78, 5) is 22.5. The molecule has 4 nitrogen and oxygen atoms in total. The largest absolute Gasteiger partial charge is 0.444 e. The minimum absolute atomic E-state index is 0.149. The predicted molar refractivity (Wildman–Crippen MR) is 70.0 cm³/mol. The third-order valence-electron chi connectivity index (χ3n) is 2.46. The van der Waals surface area contributed by atoms with Gasteiger partial charge in [0.05, 0.1) is 15.6 Å². The fourth-order valence-electron chi connectivity index (χ4n) is 1.60. The van der Waals surface area contributed by atoms with E-state index >= 15 is 0 Å². The van der Waals surface area contributed by atoms with Gasteiger partial charge in [-0.2, -0.15) is 0 Å². The number of ether oxygens (including phenoxy) is 1. The van der Waals surface area contributed by atoms with Gasteiger partial charge in [-0.25, -0.2) is 0 Å². The number of halogens is 2. The Morgan fingerprint density at radius 2 is 2.00 bits per heavy atom. The number of hydrogen-bond donors (Lipinski definition) is 0. The van der Waals surface area contributed by atoms with Crippen LogP contribution < -0.4 is 5.56 Å². The van der Waals surface area contributed by atoms with E-state index in [2.05, 4.69) is 0 Å². The summed E-state index contributed by atoms with van der Waals surface area (Å²) in [5.41, 5.74) is 0.292. The van der Waals surface area contributed by atoms with Crippen LogP contribution in [0, 0.1) is 0 Å². The van der Waals surface area contributed by atoms with Crippen LogP contribution in [0.3, 0.4) is 0 Å². The summed E-state index contributed by atoms with van der Waals surface area (Å²) in [6.07, 6.45) is 0. The van der Waals surface area contributed by atoms with Crippen molar-refractivity contribution in [2.24, 2.45) is 0 Å². The maximum absolute atomic E-state index is 11.7. The minimum atomic E-state index is -0.459. The van der Waals surface area contributed by atoms with E-state index in [1.165, 1.54) is 17.6 Å². The zero-order valence-corrected chi connectivity index (χ0v) is 11.0. The summed E-state index contributed by atoms with van der Waals surface area (Å²) in [5, 5.41) is 1.41. The van der Waals surface area contributed by atoms with Crippen LogP contribution in [-0.4, -0.2) is 10.5 Å². The van der Waals surface area contributed by atoms with Crippen molar-refractivity contribution in [3.8, 4) is 0 Å². The first kappa shape index (κ1) is 12.9. The highest BCUT2D eigenvalue weighted by Gasteiger charge is 2.09. The molecule has 1 aromatic heterocycles. The molecule has 0 fully saturated rings. The van der Waals surface area contributed by atoms with Crippen LogP contribution in [0.1, 0.15) is 6.92 Å². The average molecular weight is 286 g/mol. The molecule has 0 amide bonds. The number of carbonyl (C=O) groups is 1. The number of carbonyl (C=O) groups excluding carboxylic acids is 1. The van der Waals surface area contributed by atoms with Crippen molar-refractivity contribution in [1.82, 2.24) is 4.57 Å². The average Bonchev–Trinajstić information content (AvgIpc) is 2.32. The molecule has 0 aliphatic heterocycles. The lowest BCUT2D eigenvalue weighted by Gasteiger charge is -2.11. The number of esters is 1. The Bertz CT molecular complexity index is 679. The van der Waals surface area contributed by atoms with Crippen molar-refractivity contribution in [2.75, 3.05) is 0 Å². The van der Waals surface area contributed by atoms with Gasteiger partial charge in [0.1, 0.15) is 0 Å². The number of fused-ring (bicyclic) bond motifs is 1. The lowest BCUT2D eigenvalue weighted by molar-refractivity contribution is -0.144. The normalized spacial score (nSPS) is 10.6. The number of nitrogens with zero attached hydrogens (tertiary/aromatic N) is 1. The van der Waals surface area contributed by atoms with Crippen LogP contribution in [0.15, 0.2) is 29.1 Å². The van der Waals surface area contributed by atoms with Crippen LogP contribution in [0.25, 0.3) is 10.9 Å². The van der Waals surface area contributed by atoms with E-state index in [1.54, 1.807) is 18.2 Å². The molecule has 0 saturated heterocycles. The third-order valence-corrected chi connectivity index (χ3v) is 3.27. The summed E-state index contributed by atoms with van der Waals surface area (Å²) < 4.78 is 6.15. The summed E-state index contributed by atoms with van der Waals surface area (Å²) >= 11 is 12.0. The van der Waals surface area contributed by atoms with E-state index in [0.29, 0.717) is 20.9 Å². The van der Waals surface area contributed by atoms with E-state index < -0.39 is 5.97 Å². The monoisotopic (exact) mass is 285 g/mol. The van der Waals surface area contributed by atoms with Gasteiger partial charge < -0.3 is 4.74 Å². The molecule has 94 valence electrons. The van der Waals surface area contributed by atoms with E-state index in [0.717, 1.165) is 0 Å². The van der Waals surface area contributed by atoms with Gasteiger partial charge in [0, 0.05) is 18.4 Å². The van der Waals surface area contributed by atoms with Gasteiger partial charge in [-0.3, -0.25) is 14.2 Å². The molecule has 1 aromatic carbocycles. The molecule has 0 unspecified atom stereocenters. The molecular formula is C12H9Cl2NO3. The highest BCUT2D eigenvalue weighted by Crippen LogP contribution is 2.29. The molecule has 0 atom stereocenters. The summed E-state index contributed by atoms with van der Waals surface area (Å²) in [7, 11) is 0. The Morgan fingerprint density at radius 3 is 2.67 bits per heavy atom. The van der Waals surface area contributed by atoms with E-state index in [9.17, 15) is 9.59 Å². The fourth-order valence-corrected chi connectivity index (χ4v) is 1.99. The van der Waals surface area contributed by atoms with Gasteiger partial charge >= 0.3 is 5.97 Å². The summed E-state index contributed by atoms with van der Waals surface area (Å²) in [6.45, 7) is 1.13. The SMILES string of the molecule is CC(=O)OCn1c(=O)ccc2c(Cl)c(Cl)ccc21. The second-order valence-electron chi connectivity index (χ2n) is 3.66. The van der Waals surface area contributed by atoms with Crippen molar-refractivity contribution in [3.05, 3.63) is 44.7 Å². The molecule has 0 N–H and O–H groups in total. The molecule has 0 bridgehead atoms. The lowest BCUT2D eigenvalue weighted by atomic mass is 10.2. The Hall–Kier alpha value is -1.52. The Kier molecular flexibility index (Phi) is 3.59. The van der Waals surface area contributed by atoms with Crippen molar-refractivity contribution in [1.29, 1.82) is 0 Å². The highest BCUT2D eigenvalue weighted by molar-refractivity contribution is 6.45. The Morgan fingerprint density at radius 1 is 1.28 bits per heavy atom. The molecule has 6 heteroatoms. The molecule has 0 radical (unpaired) electrons. The van der Waals surface area contributed by atoms with Gasteiger partial charge in [0.15, 0.2) is 6.73 Å². The number of pyridine rings is 1. The van der Waals surface area contributed by atoms with E-state index in [1.807, 2.05) is 0 Å². The predicted octanol–water partition coefficient (Wildman–Crippen LogP) is 2.83. The molecule has 0 spiro atoms. The number of hydrogen-bond acceptors (Lipinski definition) is 3. The molecular weight excluding hydrogens is 277 g/mol. The van der Waals surface area contributed by atoms with Gasteiger partial charge in [-0.05, 0) is 18.2 Å². The van der Waals surface area contributed by atoms with E-state index in [4.69, 9.17) is 27.9 Å². The second kappa shape index (κ2) is 5.00. The Labute approximate surface area is 113 Å². The smallest absolute Gasteiger partial charge is 0.304 e. The van der Waals surface area contributed by atoms with E-state index in [-0.39, 0.29) is 12.3 Å². The zero-order chi connectivity index (χ0) is 13.3. The van der Waals surface area contributed by atoms with Crippen molar-refractivity contribution in [2.45, 2.75) is 13.7 Å². The Balaban J connectivity index is 2.64. The van der Waals surface area contributed by atoms with Crippen molar-refractivity contribution in [3.63, 3.8) is 0 Å². The van der Waals surface area contributed by atoms with Crippen molar-refractivity contribution < 1.29 is 9.53 Å². The molecule has 1 heterocycles. The van der Waals surface area contributed by atoms with Gasteiger partial charge in [0.25, 0.3) is 5.56 Å². The number of aromatic nitrogens is 1. The topological polar surface area (TPSA) is 48.3 Å². The summed E-state index contributed by atoms with van der Waals surface area (Å²) in [5.74, 6) is -0.459. The third kappa shape index (κ3) is 2.35. The summed E-state index contributed by atoms with van der Waals surface area (Å²) in [6, 6.07) is 6.20. The van der Waals surface area contributed by atoms with Crippen LogP contribution in [0.4, 0.5) is 0 Å². The molecule has 0 aliphatic carbocycles. The molecule has 2 aromatic rings. The first-order valence-electron chi connectivity index (χ1n) is 5.11. The maximum Gasteiger partial charge on any atom is 0.304 e. The van der Waals surface area contributed by atoms with Gasteiger partial charge in [0.2, 0.25) is 0 Å². The highest BCUT2D eigenvalue weighted by atomic mass is 35.5. The van der Waals surface area contributed by atoms with Gasteiger partial charge in [-0.1, -0.05) is 23.2 Å². The fraction of sp³-hybridized carbons (Fsp3) is 0.167. The van der Waals surface area contributed by atoms with Crippen LogP contribution in [0.5, 0.6) is 0 Å². The molecule has 2 rings (SSSR count). The molecule has 0 aliphatic rings. The van der Waals surface area contributed by atoms with Crippen LogP contribution >= 0.6 is 23.2 Å².